The average Bonchev–Trinajstić information content (AvgIpc) is 3.42. The highest BCUT2D eigenvalue weighted by atomic mass is 31.2. The minimum Gasteiger partial charge on any atom is -0.756 e. The second kappa shape index (κ2) is 61.0. The predicted octanol–water partition coefficient (Wildman–Crippen LogP) is 20.7. The molecule has 0 aromatic heterocycles. The molecular weight excluding hydrogens is 1010 g/mol. The fraction of sp³-hybridized carbons (Fsp3) is 0.761. The number of allylic oxidation sites excluding steroid dienone is 15. The summed E-state index contributed by atoms with van der Waals surface area (Å²) < 4.78 is 23.4. The SMILES string of the molecule is CC/C=C\C/C=C\C/C=C\C/C=C\C/C=C\C/C=C\CCCCCCCCCCCCCCCCC(=O)NC(COP(=O)([O-])OCC[N+](C)(C)C)C(O)/C=C/CC/C=C/CCCCCCCCCCCCCCCCCCCCC. The van der Waals surface area contributed by atoms with Crippen LogP contribution in [0.3, 0.4) is 0 Å². The van der Waals surface area contributed by atoms with Gasteiger partial charge in [-0.3, -0.25) is 9.36 Å². The third-order valence-electron chi connectivity index (χ3n) is 14.8. The molecule has 0 saturated carbocycles. The topological polar surface area (TPSA) is 108 Å². The molecule has 1 amide bonds. The molecule has 0 saturated heterocycles. The maximum atomic E-state index is 13.0. The van der Waals surface area contributed by atoms with Crippen molar-refractivity contribution in [2.24, 2.45) is 0 Å². The molecule has 0 radical (unpaired) electrons. The number of carbonyl (C=O) groups excluding carboxylic acids is 1. The molecule has 0 rings (SSSR count). The highest BCUT2D eigenvalue weighted by molar-refractivity contribution is 7.45. The van der Waals surface area contributed by atoms with Gasteiger partial charge >= 0.3 is 0 Å². The summed E-state index contributed by atoms with van der Waals surface area (Å²) in [5.41, 5.74) is 0. The zero-order chi connectivity index (χ0) is 58.4. The number of nitrogens with zero attached hydrogens (tertiary/aromatic N) is 1. The molecule has 0 aromatic rings. The number of unbranched alkanes of at least 4 members (excludes halogenated alkanes) is 34. The van der Waals surface area contributed by atoms with Gasteiger partial charge in [0.25, 0.3) is 7.82 Å². The van der Waals surface area contributed by atoms with Crippen LogP contribution in [-0.2, 0) is 18.4 Å². The molecule has 0 aliphatic carbocycles. The van der Waals surface area contributed by atoms with Gasteiger partial charge in [-0.05, 0) is 83.5 Å². The molecule has 0 bridgehead atoms. The third kappa shape index (κ3) is 63.0. The first kappa shape index (κ1) is 77.4. The fourth-order valence-corrected chi connectivity index (χ4v) is 10.3. The summed E-state index contributed by atoms with van der Waals surface area (Å²) >= 11 is 0. The number of likely N-dealkylation sites (N-methyl/N-ethyl adjacent to an activating group) is 1. The maximum Gasteiger partial charge on any atom is 0.268 e. The van der Waals surface area contributed by atoms with E-state index >= 15 is 0 Å². The van der Waals surface area contributed by atoms with Crippen LogP contribution < -0.4 is 10.2 Å². The molecule has 0 aliphatic heterocycles. The van der Waals surface area contributed by atoms with E-state index in [-0.39, 0.29) is 12.5 Å². The minimum absolute atomic E-state index is 0.00935. The summed E-state index contributed by atoms with van der Waals surface area (Å²) in [5.74, 6) is -0.208. The van der Waals surface area contributed by atoms with E-state index in [9.17, 15) is 19.4 Å². The van der Waals surface area contributed by atoms with Gasteiger partial charge in [0.2, 0.25) is 5.91 Å². The molecule has 3 atom stereocenters. The third-order valence-corrected chi connectivity index (χ3v) is 15.7. The Balaban J connectivity index is 4.14. The number of rotatable bonds is 61. The fourth-order valence-electron chi connectivity index (χ4n) is 9.59. The number of phosphoric acid groups is 1. The van der Waals surface area contributed by atoms with Gasteiger partial charge < -0.3 is 28.8 Å². The summed E-state index contributed by atoms with van der Waals surface area (Å²) in [4.78, 5) is 25.6. The van der Waals surface area contributed by atoms with Crippen LogP contribution in [0.4, 0.5) is 0 Å². The number of aliphatic hydroxyl groups excluding tert-OH is 1. The zero-order valence-electron chi connectivity index (χ0n) is 53.0. The Morgan fingerprint density at radius 3 is 1.16 bits per heavy atom. The lowest BCUT2D eigenvalue weighted by molar-refractivity contribution is -0.870. The first-order valence-corrected chi connectivity index (χ1v) is 35.1. The van der Waals surface area contributed by atoms with Gasteiger partial charge in [0.15, 0.2) is 0 Å². The molecule has 0 aromatic carbocycles. The Hall–Kier alpha value is -2.58. The molecule has 80 heavy (non-hydrogen) atoms. The van der Waals surface area contributed by atoms with Crippen molar-refractivity contribution in [1.29, 1.82) is 0 Å². The van der Waals surface area contributed by atoms with E-state index in [2.05, 4.69) is 104 Å². The number of hydrogen-bond donors (Lipinski definition) is 2. The highest BCUT2D eigenvalue weighted by Gasteiger charge is 2.23. The number of nitrogens with one attached hydrogen (secondary N) is 1. The van der Waals surface area contributed by atoms with Crippen molar-refractivity contribution in [3.63, 3.8) is 0 Å². The molecule has 3 unspecified atom stereocenters. The van der Waals surface area contributed by atoms with Gasteiger partial charge in [-0.1, -0.05) is 304 Å². The van der Waals surface area contributed by atoms with Gasteiger partial charge in [0, 0.05) is 6.42 Å². The van der Waals surface area contributed by atoms with Crippen molar-refractivity contribution in [1.82, 2.24) is 5.32 Å². The van der Waals surface area contributed by atoms with Crippen molar-refractivity contribution in [2.45, 2.75) is 309 Å². The molecule has 0 heterocycles. The summed E-state index contributed by atoms with van der Waals surface area (Å²) in [5, 5.41) is 13.9. The lowest BCUT2D eigenvalue weighted by Crippen LogP contribution is -2.45. The number of amides is 1. The van der Waals surface area contributed by atoms with Gasteiger partial charge in [-0.25, -0.2) is 0 Å². The van der Waals surface area contributed by atoms with Gasteiger partial charge in [-0.15, -0.1) is 0 Å². The first-order chi connectivity index (χ1) is 39.0. The Morgan fingerprint density at radius 2 is 0.775 bits per heavy atom. The predicted molar refractivity (Wildman–Crippen MR) is 348 cm³/mol. The Labute approximate surface area is 496 Å². The highest BCUT2D eigenvalue weighted by Crippen LogP contribution is 2.38. The number of quaternary nitrogens is 1. The standard InChI is InChI=1S/C71H129N2O6P/c1-6-8-10-12-14-16-18-20-22-24-26-28-30-32-33-34-35-36-37-38-39-41-43-45-47-49-51-53-55-57-59-61-63-65-71(75)72-69(68-79-80(76,77)78-67-66-73(3,4)5)70(74)64-62-60-58-56-54-52-50-48-46-44-42-40-31-29-27-25-23-21-19-17-15-13-11-9-7-2/h8,10,14,16,20,22,26,28,32-33,35-36,54,56,62,64,69-70,74H,6-7,9,11-13,15,17-19,21,23-25,27,29-31,34,37-53,55,57-61,63,65-68H2,1-5H3,(H-,72,75,76,77)/b10-8-,16-14-,22-20-,28-26-,33-32-,36-35-,56-54+,64-62+. The zero-order valence-corrected chi connectivity index (χ0v) is 53.9. The van der Waals surface area contributed by atoms with Crippen LogP contribution in [0.5, 0.6) is 0 Å². The summed E-state index contributed by atoms with van der Waals surface area (Å²) in [6.45, 7) is 4.54. The number of carbonyl (C=O) groups is 1. The molecule has 464 valence electrons. The minimum atomic E-state index is -4.62. The van der Waals surface area contributed by atoms with Crippen molar-refractivity contribution in [2.75, 3.05) is 40.9 Å². The van der Waals surface area contributed by atoms with Crippen LogP contribution >= 0.6 is 7.82 Å². The Kier molecular flexibility index (Phi) is 59.0. The van der Waals surface area contributed by atoms with Crippen LogP contribution in [0, 0.1) is 0 Å². The van der Waals surface area contributed by atoms with E-state index in [1.165, 1.54) is 199 Å². The molecule has 9 heteroatoms. The Morgan fingerprint density at radius 1 is 0.450 bits per heavy atom. The maximum absolute atomic E-state index is 13.0. The van der Waals surface area contributed by atoms with E-state index in [0.29, 0.717) is 17.4 Å². The van der Waals surface area contributed by atoms with Crippen LogP contribution in [0.2, 0.25) is 0 Å². The number of aliphatic hydroxyl groups is 1. The molecule has 0 fully saturated rings. The van der Waals surface area contributed by atoms with E-state index in [4.69, 9.17) is 9.05 Å². The largest absolute Gasteiger partial charge is 0.756 e. The summed E-state index contributed by atoms with van der Waals surface area (Å²) in [7, 11) is 1.24. The van der Waals surface area contributed by atoms with Crippen LogP contribution in [0.25, 0.3) is 0 Å². The monoisotopic (exact) mass is 1140 g/mol. The number of phosphoric ester groups is 1. The van der Waals surface area contributed by atoms with Crippen molar-refractivity contribution in [3.8, 4) is 0 Å². The molecule has 2 N–H and O–H groups in total. The normalized spacial score (nSPS) is 14.3. The lowest BCUT2D eigenvalue weighted by Gasteiger charge is -2.29. The van der Waals surface area contributed by atoms with Gasteiger partial charge in [0.05, 0.1) is 39.9 Å². The van der Waals surface area contributed by atoms with E-state index < -0.39 is 26.6 Å². The van der Waals surface area contributed by atoms with Crippen molar-refractivity contribution in [3.05, 3.63) is 97.2 Å². The van der Waals surface area contributed by atoms with E-state index in [1.54, 1.807) is 6.08 Å². The summed E-state index contributed by atoms with van der Waals surface area (Å²) in [6, 6.07) is -0.910. The van der Waals surface area contributed by atoms with E-state index in [1.807, 2.05) is 27.2 Å². The quantitative estimate of drug-likeness (QED) is 0.0272. The second-order valence-corrected chi connectivity index (χ2v) is 25.2. The van der Waals surface area contributed by atoms with Crippen LogP contribution in [0.15, 0.2) is 97.2 Å². The van der Waals surface area contributed by atoms with Gasteiger partial charge in [0.1, 0.15) is 13.2 Å². The van der Waals surface area contributed by atoms with Crippen LogP contribution in [0.1, 0.15) is 296 Å². The molecule has 0 spiro atoms. The summed E-state index contributed by atoms with van der Waals surface area (Å²) in [6.07, 6.45) is 88.0. The molecule has 0 aliphatic rings. The Bertz CT molecular complexity index is 1620. The first-order valence-electron chi connectivity index (χ1n) is 33.6. The molecule has 8 nitrogen and oxygen atoms in total. The smallest absolute Gasteiger partial charge is 0.268 e. The average molecular weight is 1140 g/mol. The van der Waals surface area contributed by atoms with Crippen molar-refractivity contribution >= 4 is 13.7 Å². The molecular formula is C71H129N2O6P. The number of hydrogen-bond acceptors (Lipinski definition) is 6. The van der Waals surface area contributed by atoms with Crippen molar-refractivity contribution < 1.29 is 32.9 Å². The lowest BCUT2D eigenvalue weighted by atomic mass is 10.0. The van der Waals surface area contributed by atoms with Crippen LogP contribution in [-0.4, -0.2) is 68.5 Å². The second-order valence-electron chi connectivity index (χ2n) is 23.8. The van der Waals surface area contributed by atoms with E-state index in [0.717, 1.165) is 77.0 Å². The van der Waals surface area contributed by atoms with Gasteiger partial charge in [-0.2, -0.15) is 0 Å².